The van der Waals surface area contributed by atoms with Crippen molar-refractivity contribution in [2.45, 2.75) is 20.0 Å². The summed E-state index contributed by atoms with van der Waals surface area (Å²) in [6.45, 7) is 3.43. The lowest BCUT2D eigenvalue weighted by Crippen LogP contribution is -2.32. The van der Waals surface area contributed by atoms with Crippen LogP contribution >= 0.6 is 0 Å². The topological polar surface area (TPSA) is 26.0 Å². The summed E-state index contributed by atoms with van der Waals surface area (Å²) in [4.78, 5) is 0. The molecule has 0 aromatic heterocycles. The maximum absolute atomic E-state index is 12.6. The first kappa shape index (κ1) is 11.3. The molecule has 2 N–H and O–H groups in total. The predicted molar refractivity (Wildman–Crippen MR) is 49.6 cm³/mol. The fourth-order valence-electron chi connectivity index (χ4n) is 1.75. The van der Waals surface area contributed by atoms with Crippen molar-refractivity contribution in [1.82, 2.24) is 0 Å². The third-order valence-corrected chi connectivity index (χ3v) is 2.59. The highest BCUT2D eigenvalue weighted by molar-refractivity contribution is 5.31. The van der Waals surface area contributed by atoms with Crippen molar-refractivity contribution in [2.75, 3.05) is 6.54 Å². The molecular formula is C10H14F3N. The molecule has 0 bridgehead atoms. The van der Waals surface area contributed by atoms with Crippen molar-refractivity contribution in [2.24, 2.45) is 17.6 Å². The molecule has 0 spiro atoms. The second kappa shape index (κ2) is 3.77. The van der Waals surface area contributed by atoms with E-state index in [4.69, 9.17) is 5.73 Å². The zero-order valence-corrected chi connectivity index (χ0v) is 8.23. The summed E-state index contributed by atoms with van der Waals surface area (Å²) in [5.74, 6) is -1.92. The van der Waals surface area contributed by atoms with E-state index in [1.165, 1.54) is 6.08 Å². The predicted octanol–water partition coefficient (Wildman–Crippen LogP) is 2.65. The van der Waals surface area contributed by atoms with Gasteiger partial charge in [-0.25, -0.2) is 0 Å². The minimum Gasteiger partial charge on any atom is -0.327 e. The van der Waals surface area contributed by atoms with Crippen LogP contribution in [0.15, 0.2) is 23.3 Å². The average Bonchev–Trinajstić information content (AvgIpc) is 2.06. The number of hydrogen-bond donors (Lipinski definition) is 1. The van der Waals surface area contributed by atoms with E-state index < -0.39 is 18.0 Å². The molecule has 0 saturated carbocycles. The minimum atomic E-state index is -4.17. The summed E-state index contributed by atoms with van der Waals surface area (Å²) in [6, 6.07) is 0. The SMILES string of the molecule is CC1=CC(C(F)(F)F)C(C)C(CN)=C1. The highest BCUT2D eigenvalue weighted by atomic mass is 19.4. The number of halogens is 3. The van der Waals surface area contributed by atoms with Crippen molar-refractivity contribution >= 4 is 0 Å². The molecule has 14 heavy (non-hydrogen) atoms. The maximum atomic E-state index is 12.6. The number of alkyl halides is 3. The van der Waals surface area contributed by atoms with Gasteiger partial charge in [-0.2, -0.15) is 13.2 Å². The number of allylic oxidation sites excluding steroid dienone is 3. The normalized spacial score (nSPS) is 28.4. The molecule has 2 unspecified atom stereocenters. The second-order valence-corrected chi connectivity index (χ2v) is 3.69. The summed E-state index contributed by atoms with van der Waals surface area (Å²) in [5, 5.41) is 0. The van der Waals surface area contributed by atoms with Crippen LogP contribution in [0.25, 0.3) is 0 Å². The summed E-state index contributed by atoms with van der Waals surface area (Å²) in [6.07, 6.45) is -1.16. The summed E-state index contributed by atoms with van der Waals surface area (Å²) in [7, 11) is 0. The quantitative estimate of drug-likeness (QED) is 0.699. The molecule has 4 heteroatoms. The van der Waals surface area contributed by atoms with Crippen LogP contribution in [0.3, 0.4) is 0 Å². The first-order valence-corrected chi connectivity index (χ1v) is 4.52. The van der Waals surface area contributed by atoms with Crippen LogP contribution in [0.1, 0.15) is 13.8 Å². The Labute approximate surface area is 81.5 Å². The van der Waals surface area contributed by atoms with Gasteiger partial charge in [0.05, 0.1) is 5.92 Å². The molecule has 0 saturated heterocycles. The Bertz CT molecular complexity index is 276. The molecule has 0 amide bonds. The standard InChI is InChI=1S/C10H14F3N/c1-6-3-8(5-14)7(2)9(4-6)10(11,12)13/h3-4,7,9H,5,14H2,1-2H3. The van der Waals surface area contributed by atoms with E-state index in [1.54, 1.807) is 19.9 Å². The van der Waals surface area contributed by atoms with Crippen LogP contribution in [-0.2, 0) is 0 Å². The van der Waals surface area contributed by atoms with E-state index in [9.17, 15) is 13.2 Å². The monoisotopic (exact) mass is 205 g/mol. The van der Waals surface area contributed by atoms with Gasteiger partial charge in [0.1, 0.15) is 0 Å². The molecular weight excluding hydrogens is 191 g/mol. The number of nitrogens with two attached hydrogens (primary N) is 1. The van der Waals surface area contributed by atoms with Crippen molar-refractivity contribution in [3.63, 3.8) is 0 Å². The molecule has 1 aliphatic carbocycles. The lowest BCUT2D eigenvalue weighted by molar-refractivity contribution is -0.170. The number of rotatable bonds is 1. The molecule has 0 aromatic rings. The van der Waals surface area contributed by atoms with E-state index in [2.05, 4.69) is 0 Å². The highest BCUT2D eigenvalue weighted by Gasteiger charge is 2.43. The van der Waals surface area contributed by atoms with Gasteiger partial charge in [0.15, 0.2) is 0 Å². The Kier molecular flexibility index (Phi) is 3.04. The molecule has 0 aromatic carbocycles. The van der Waals surface area contributed by atoms with E-state index in [0.717, 1.165) is 0 Å². The van der Waals surface area contributed by atoms with Gasteiger partial charge in [-0.1, -0.05) is 30.2 Å². The Hall–Kier alpha value is -0.770. The van der Waals surface area contributed by atoms with Crippen LogP contribution in [0.4, 0.5) is 13.2 Å². The largest absolute Gasteiger partial charge is 0.395 e. The molecule has 0 heterocycles. The van der Waals surface area contributed by atoms with Crippen LogP contribution in [0, 0.1) is 11.8 Å². The Morgan fingerprint density at radius 3 is 2.43 bits per heavy atom. The average molecular weight is 205 g/mol. The fourth-order valence-corrected chi connectivity index (χ4v) is 1.75. The smallest absolute Gasteiger partial charge is 0.327 e. The van der Waals surface area contributed by atoms with Crippen molar-refractivity contribution in [3.05, 3.63) is 23.3 Å². The van der Waals surface area contributed by atoms with Crippen LogP contribution in [0.2, 0.25) is 0 Å². The molecule has 0 aliphatic heterocycles. The van der Waals surface area contributed by atoms with Crippen molar-refractivity contribution in [1.29, 1.82) is 0 Å². The molecule has 1 aliphatic rings. The van der Waals surface area contributed by atoms with Crippen molar-refractivity contribution in [3.8, 4) is 0 Å². The van der Waals surface area contributed by atoms with Gasteiger partial charge in [-0.3, -0.25) is 0 Å². The number of hydrogen-bond acceptors (Lipinski definition) is 1. The van der Waals surface area contributed by atoms with Crippen molar-refractivity contribution < 1.29 is 13.2 Å². The van der Waals surface area contributed by atoms with Gasteiger partial charge in [0.25, 0.3) is 0 Å². The Morgan fingerprint density at radius 1 is 1.43 bits per heavy atom. The zero-order valence-electron chi connectivity index (χ0n) is 8.23. The zero-order chi connectivity index (χ0) is 10.9. The van der Waals surface area contributed by atoms with Gasteiger partial charge in [-0.05, 0) is 12.8 Å². The summed E-state index contributed by atoms with van der Waals surface area (Å²) < 4.78 is 37.7. The van der Waals surface area contributed by atoms with E-state index >= 15 is 0 Å². The Morgan fingerprint density at radius 2 is 2.00 bits per heavy atom. The third kappa shape index (κ3) is 2.18. The summed E-state index contributed by atoms with van der Waals surface area (Å²) >= 11 is 0. The molecule has 1 rings (SSSR count). The second-order valence-electron chi connectivity index (χ2n) is 3.69. The van der Waals surface area contributed by atoms with Gasteiger partial charge in [-0.15, -0.1) is 0 Å². The minimum absolute atomic E-state index is 0.193. The molecule has 2 atom stereocenters. The van der Waals surface area contributed by atoms with Gasteiger partial charge in [0, 0.05) is 6.54 Å². The highest BCUT2D eigenvalue weighted by Crippen LogP contribution is 2.39. The molecule has 0 fully saturated rings. The molecule has 80 valence electrons. The molecule has 0 radical (unpaired) electrons. The van der Waals surface area contributed by atoms with Gasteiger partial charge in [0.2, 0.25) is 0 Å². The first-order chi connectivity index (χ1) is 6.36. The third-order valence-electron chi connectivity index (χ3n) is 2.59. The van der Waals surface area contributed by atoms with Gasteiger partial charge >= 0.3 is 6.18 Å². The molecule has 1 nitrogen and oxygen atoms in total. The fraction of sp³-hybridized carbons (Fsp3) is 0.600. The van der Waals surface area contributed by atoms with E-state index in [-0.39, 0.29) is 6.54 Å². The van der Waals surface area contributed by atoms with E-state index in [1.807, 2.05) is 0 Å². The summed E-state index contributed by atoms with van der Waals surface area (Å²) in [5.41, 5.74) is 6.72. The lowest BCUT2D eigenvalue weighted by Gasteiger charge is -2.29. The van der Waals surface area contributed by atoms with Crippen LogP contribution < -0.4 is 5.73 Å². The first-order valence-electron chi connectivity index (χ1n) is 4.52. The van der Waals surface area contributed by atoms with E-state index in [0.29, 0.717) is 11.1 Å². The van der Waals surface area contributed by atoms with Crippen LogP contribution in [0.5, 0.6) is 0 Å². The maximum Gasteiger partial charge on any atom is 0.395 e. The Balaban J connectivity index is 2.98. The van der Waals surface area contributed by atoms with Gasteiger partial charge < -0.3 is 5.73 Å². The lowest BCUT2D eigenvalue weighted by atomic mass is 9.81. The van der Waals surface area contributed by atoms with Crippen LogP contribution in [-0.4, -0.2) is 12.7 Å².